The summed E-state index contributed by atoms with van der Waals surface area (Å²) < 4.78 is 5.39. The first-order valence-corrected chi connectivity index (χ1v) is 8.46. The summed E-state index contributed by atoms with van der Waals surface area (Å²) in [5, 5.41) is 8.01. The van der Waals surface area contributed by atoms with Crippen LogP contribution in [0, 0.1) is 13.8 Å². The van der Waals surface area contributed by atoms with Crippen LogP contribution < -0.4 is 5.32 Å². The number of piperazine rings is 1. The quantitative estimate of drug-likeness (QED) is 0.907. The SMILES string of the molecule is Cc1noc(C)c1C(C)N1CC2(CCCCC2)NCC1C. The second-order valence-electron chi connectivity index (χ2n) is 7.16. The molecule has 0 radical (unpaired) electrons. The number of nitrogens with one attached hydrogen (secondary N) is 1. The highest BCUT2D eigenvalue weighted by atomic mass is 16.5. The molecule has 0 amide bonds. The minimum atomic E-state index is 0.345. The second-order valence-corrected chi connectivity index (χ2v) is 7.16. The molecule has 2 heterocycles. The third-order valence-electron chi connectivity index (χ3n) is 5.64. The van der Waals surface area contributed by atoms with E-state index in [4.69, 9.17) is 4.52 Å². The molecule has 1 N–H and O–H groups in total. The van der Waals surface area contributed by atoms with Crippen molar-refractivity contribution in [3.05, 3.63) is 17.0 Å². The van der Waals surface area contributed by atoms with Crippen molar-refractivity contribution in [2.75, 3.05) is 13.1 Å². The average molecular weight is 291 g/mol. The fraction of sp³-hybridized carbons (Fsp3) is 0.824. The molecule has 1 aliphatic heterocycles. The Kier molecular flexibility index (Phi) is 4.10. The van der Waals surface area contributed by atoms with Gasteiger partial charge in [0.05, 0.1) is 5.69 Å². The van der Waals surface area contributed by atoms with Gasteiger partial charge >= 0.3 is 0 Å². The summed E-state index contributed by atoms with van der Waals surface area (Å²) in [6.07, 6.45) is 6.79. The third-order valence-corrected chi connectivity index (χ3v) is 5.64. The Morgan fingerprint density at radius 1 is 1.29 bits per heavy atom. The molecule has 3 rings (SSSR count). The summed E-state index contributed by atoms with van der Waals surface area (Å²) in [5.74, 6) is 0.975. The van der Waals surface area contributed by atoms with Crippen LogP contribution >= 0.6 is 0 Å². The lowest BCUT2D eigenvalue weighted by Gasteiger charge is -2.51. The van der Waals surface area contributed by atoms with Crippen LogP contribution in [0.5, 0.6) is 0 Å². The maximum absolute atomic E-state index is 5.39. The molecule has 1 saturated carbocycles. The average Bonchev–Trinajstić information content (AvgIpc) is 2.81. The van der Waals surface area contributed by atoms with E-state index in [-0.39, 0.29) is 0 Å². The minimum Gasteiger partial charge on any atom is -0.361 e. The molecule has 1 aromatic heterocycles. The highest BCUT2D eigenvalue weighted by molar-refractivity contribution is 5.25. The normalized spacial score (nSPS) is 27.9. The van der Waals surface area contributed by atoms with Gasteiger partial charge in [-0.25, -0.2) is 0 Å². The standard InChI is InChI=1S/C17H29N3O/c1-12-10-18-17(8-6-5-7-9-17)11-20(12)14(3)16-13(2)19-21-15(16)4/h12,14,18H,5-11H2,1-4H3. The van der Waals surface area contributed by atoms with Gasteiger partial charge in [-0.05, 0) is 40.5 Å². The predicted molar refractivity (Wildman–Crippen MR) is 84.4 cm³/mol. The summed E-state index contributed by atoms with van der Waals surface area (Å²) in [5.41, 5.74) is 2.68. The number of nitrogens with zero attached hydrogens (tertiary/aromatic N) is 2. The van der Waals surface area contributed by atoms with Crippen LogP contribution in [0.2, 0.25) is 0 Å². The Labute approximate surface area is 128 Å². The molecule has 1 spiro atoms. The van der Waals surface area contributed by atoms with E-state index in [2.05, 4.69) is 36.1 Å². The van der Waals surface area contributed by atoms with Gasteiger partial charge in [0.1, 0.15) is 5.76 Å². The van der Waals surface area contributed by atoms with Crippen molar-refractivity contribution in [3.63, 3.8) is 0 Å². The van der Waals surface area contributed by atoms with Crippen LogP contribution in [-0.4, -0.2) is 34.7 Å². The molecule has 2 fully saturated rings. The maximum Gasteiger partial charge on any atom is 0.138 e. The van der Waals surface area contributed by atoms with E-state index in [0.717, 1.165) is 24.5 Å². The molecule has 2 atom stereocenters. The van der Waals surface area contributed by atoms with E-state index in [1.807, 2.05) is 6.92 Å². The summed E-state index contributed by atoms with van der Waals surface area (Å²) in [7, 11) is 0. The molecule has 1 aliphatic carbocycles. The van der Waals surface area contributed by atoms with Crippen LogP contribution in [0.15, 0.2) is 4.52 Å². The number of hydrogen-bond acceptors (Lipinski definition) is 4. The summed E-state index contributed by atoms with van der Waals surface area (Å²) >= 11 is 0. The lowest BCUT2D eigenvalue weighted by molar-refractivity contribution is 0.0350. The fourth-order valence-corrected chi connectivity index (χ4v) is 4.38. The van der Waals surface area contributed by atoms with E-state index in [9.17, 15) is 0 Å². The molecule has 2 aliphatic rings. The molecule has 118 valence electrons. The Hall–Kier alpha value is -0.870. The predicted octanol–water partition coefficient (Wildman–Crippen LogP) is 3.35. The number of aromatic nitrogens is 1. The zero-order valence-corrected chi connectivity index (χ0v) is 13.9. The fourth-order valence-electron chi connectivity index (χ4n) is 4.38. The van der Waals surface area contributed by atoms with E-state index < -0.39 is 0 Å². The lowest BCUT2D eigenvalue weighted by atomic mass is 9.79. The first kappa shape index (κ1) is 15.0. The van der Waals surface area contributed by atoms with E-state index >= 15 is 0 Å². The van der Waals surface area contributed by atoms with Gasteiger partial charge in [0.2, 0.25) is 0 Å². The van der Waals surface area contributed by atoms with Crippen molar-refractivity contribution >= 4 is 0 Å². The molecule has 1 aromatic rings. The second kappa shape index (κ2) is 5.73. The van der Waals surface area contributed by atoms with Crippen LogP contribution in [0.1, 0.15) is 69.0 Å². The summed E-state index contributed by atoms with van der Waals surface area (Å²) in [6.45, 7) is 11.0. The lowest BCUT2D eigenvalue weighted by Crippen LogP contribution is -2.64. The van der Waals surface area contributed by atoms with Gasteiger partial charge in [-0.2, -0.15) is 0 Å². The van der Waals surface area contributed by atoms with Crippen LogP contribution in [0.25, 0.3) is 0 Å². The number of aryl methyl sites for hydroxylation is 2. The molecule has 1 saturated heterocycles. The van der Waals surface area contributed by atoms with Gasteiger partial charge in [-0.3, -0.25) is 4.90 Å². The first-order chi connectivity index (χ1) is 10.0. The van der Waals surface area contributed by atoms with Gasteiger partial charge < -0.3 is 9.84 Å². The Bertz CT molecular complexity index is 471. The summed E-state index contributed by atoms with van der Waals surface area (Å²) in [6, 6.07) is 0.938. The first-order valence-electron chi connectivity index (χ1n) is 8.46. The van der Waals surface area contributed by atoms with Crippen molar-refractivity contribution in [3.8, 4) is 0 Å². The van der Waals surface area contributed by atoms with Crippen molar-refractivity contribution in [1.29, 1.82) is 0 Å². The van der Waals surface area contributed by atoms with Crippen LogP contribution in [0.4, 0.5) is 0 Å². The van der Waals surface area contributed by atoms with E-state index in [1.165, 1.54) is 37.7 Å². The van der Waals surface area contributed by atoms with Gasteiger partial charge in [0.15, 0.2) is 0 Å². The van der Waals surface area contributed by atoms with Gasteiger partial charge in [-0.15, -0.1) is 0 Å². The zero-order chi connectivity index (χ0) is 15.0. The Morgan fingerprint density at radius 3 is 2.62 bits per heavy atom. The molecule has 2 unspecified atom stereocenters. The Balaban J connectivity index is 1.82. The van der Waals surface area contributed by atoms with E-state index in [0.29, 0.717) is 17.6 Å². The van der Waals surface area contributed by atoms with Crippen molar-refractivity contribution in [1.82, 2.24) is 15.4 Å². The van der Waals surface area contributed by atoms with Crippen molar-refractivity contribution < 1.29 is 4.52 Å². The molecule has 4 heteroatoms. The smallest absolute Gasteiger partial charge is 0.138 e. The largest absolute Gasteiger partial charge is 0.361 e. The summed E-state index contributed by atoms with van der Waals surface area (Å²) in [4.78, 5) is 2.66. The molecular weight excluding hydrogens is 262 g/mol. The van der Waals surface area contributed by atoms with E-state index in [1.54, 1.807) is 0 Å². The maximum atomic E-state index is 5.39. The van der Waals surface area contributed by atoms with Crippen LogP contribution in [0.3, 0.4) is 0 Å². The highest BCUT2D eigenvalue weighted by Crippen LogP contribution is 2.36. The van der Waals surface area contributed by atoms with Crippen molar-refractivity contribution in [2.45, 2.75) is 77.4 Å². The van der Waals surface area contributed by atoms with Gasteiger partial charge in [0.25, 0.3) is 0 Å². The molecule has 0 bridgehead atoms. The monoisotopic (exact) mass is 291 g/mol. The number of rotatable bonds is 2. The van der Waals surface area contributed by atoms with Gasteiger partial charge in [-0.1, -0.05) is 24.4 Å². The minimum absolute atomic E-state index is 0.345. The molecule has 21 heavy (non-hydrogen) atoms. The molecular formula is C17H29N3O. The van der Waals surface area contributed by atoms with Crippen LogP contribution in [-0.2, 0) is 0 Å². The molecule has 0 aromatic carbocycles. The third kappa shape index (κ3) is 2.76. The van der Waals surface area contributed by atoms with Crippen molar-refractivity contribution in [2.24, 2.45) is 0 Å². The Morgan fingerprint density at radius 2 is 2.00 bits per heavy atom. The van der Waals surface area contributed by atoms with Gasteiger partial charge in [0, 0.05) is 36.3 Å². The number of hydrogen-bond donors (Lipinski definition) is 1. The topological polar surface area (TPSA) is 41.3 Å². The molecule has 4 nitrogen and oxygen atoms in total. The zero-order valence-electron chi connectivity index (χ0n) is 13.9. The highest BCUT2D eigenvalue weighted by Gasteiger charge is 2.41.